The van der Waals surface area contributed by atoms with Gasteiger partial charge in [-0.1, -0.05) is 19.1 Å². The number of carbonyl (C=O) groups excluding carboxylic acids is 1. The van der Waals surface area contributed by atoms with Gasteiger partial charge < -0.3 is 15.2 Å². The van der Waals surface area contributed by atoms with E-state index in [9.17, 15) is 9.59 Å². The lowest BCUT2D eigenvalue weighted by Gasteiger charge is -2.12. The monoisotopic (exact) mass is 265 g/mol. The number of para-hydroxylation sites is 2. The van der Waals surface area contributed by atoms with Crippen molar-refractivity contribution in [2.45, 2.75) is 26.7 Å². The fourth-order valence-corrected chi connectivity index (χ4v) is 1.74. The molecule has 0 spiro atoms. The van der Waals surface area contributed by atoms with Gasteiger partial charge in [-0.3, -0.25) is 9.59 Å². The first-order valence-electron chi connectivity index (χ1n) is 6.26. The Morgan fingerprint density at radius 2 is 2.00 bits per heavy atom. The summed E-state index contributed by atoms with van der Waals surface area (Å²) < 4.78 is 5.40. The number of rotatable bonds is 7. The average Bonchev–Trinajstić information content (AvgIpc) is 2.30. The Kier molecular flexibility index (Phi) is 5.85. The van der Waals surface area contributed by atoms with Gasteiger partial charge in [0.15, 0.2) is 0 Å². The van der Waals surface area contributed by atoms with Crippen LogP contribution in [0.1, 0.15) is 26.7 Å². The van der Waals surface area contributed by atoms with Crippen LogP contribution in [0.15, 0.2) is 24.3 Å². The molecule has 0 saturated heterocycles. The summed E-state index contributed by atoms with van der Waals surface area (Å²) in [5.74, 6) is -0.683. The molecular weight excluding hydrogens is 246 g/mol. The van der Waals surface area contributed by atoms with Crippen LogP contribution in [0, 0.1) is 5.92 Å². The van der Waals surface area contributed by atoms with Crippen LogP contribution >= 0.6 is 0 Å². The van der Waals surface area contributed by atoms with Gasteiger partial charge in [0.25, 0.3) is 0 Å². The van der Waals surface area contributed by atoms with Crippen molar-refractivity contribution < 1.29 is 19.4 Å². The van der Waals surface area contributed by atoms with Gasteiger partial charge in [-0.15, -0.1) is 0 Å². The second-order valence-corrected chi connectivity index (χ2v) is 4.38. The van der Waals surface area contributed by atoms with Crippen LogP contribution in [0.3, 0.4) is 0 Å². The van der Waals surface area contributed by atoms with Gasteiger partial charge in [0.05, 0.1) is 12.3 Å². The van der Waals surface area contributed by atoms with E-state index in [1.807, 2.05) is 13.0 Å². The highest BCUT2D eigenvalue weighted by molar-refractivity contribution is 5.92. The molecule has 0 radical (unpaired) electrons. The summed E-state index contributed by atoms with van der Waals surface area (Å²) in [6, 6.07) is 7.16. The maximum Gasteiger partial charge on any atom is 0.303 e. The van der Waals surface area contributed by atoms with Crippen molar-refractivity contribution in [3.63, 3.8) is 0 Å². The molecule has 0 aromatic heterocycles. The van der Waals surface area contributed by atoms with Gasteiger partial charge in [-0.25, -0.2) is 0 Å². The average molecular weight is 265 g/mol. The Labute approximate surface area is 112 Å². The van der Waals surface area contributed by atoms with E-state index in [1.54, 1.807) is 25.1 Å². The van der Waals surface area contributed by atoms with Crippen molar-refractivity contribution >= 4 is 17.6 Å². The smallest absolute Gasteiger partial charge is 0.303 e. The lowest BCUT2D eigenvalue weighted by molar-refractivity contribution is -0.138. The molecule has 2 N–H and O–H groups in total. The van der Waals surface area contributed by atoms with E-state index in [0.29, 0.717) is 18.0 Å². The van der Waals surface area contributed by atoms with Crippen LogP contribution in [0.5, 0.6) is 5.75 Å². The number of hydrogen-bond donors (Lipinski definition) is 2. The Morgan fingerprint density at radius 3 is 2.63 bits per heavy atom. The summed E-state index contributed by atoms with van der Waals surface area (Å²) in [5.41, 5.74) is 0.608. The minimum Gasteiger partial charge on any atom is -0.492 e. The number of nitrogens with one attached hydrogen (secondary N) is 1. The van der Waals surface area contributed by atoms with Gasteiger partial charge in [-0.05, 0) is 25.0 Å². The third-order valence-electron chi connectivity index (χ3n) is 2.52. The van der Waals surface area contributed by atoms with Crippen LogP contribution in [0.25, 0.3) is 0 Å². The summed E-state index contributed by atoms with van der Waals surface area (Å²) in [6.07, 6.45) is 0.160. The zero-order chi connectivity index (χ0) is 14.3. The quantitative estimate of drug-likeness (QED) is 0.794. The van der Waals surface area contributed by atoms with Gasteiger partial charge >= 0.3 is 5.97 Å². The zero-order valence-electron chi connectivity index (χ0n) is 11.2. The standard InChI is InChI=1S/C14H19NO4/c1-3-19-12-7-5-4-6-11(12)15-13(16)8-10(2)9-14(17)18/h4-7,10H,3,8-9H2,1-2H3,(H,15,16)(H,17,18). The molecule has 5 nitrogen and oxygen atoms in total. The van der Waals surface area contributed by atoms with Gasteiger partial charge in [-0.2, -0.15) is 0 Å². The van der Waals surface area contributed by atoms with E-state index in [4.69, 9.17) is 9.84 Å². The Balaban J connectivity index is 2.59. The molecule has 1 amide bonds. The Hall–Kier alpha value is -2.04. The maximum absolute atomic E-state index is 11.8. The van der Waals surface area contributed by atoms with Gasteiger partial charge in [0, 0.05) is 12.8 Å². The molecule has 0 heterocycles. The number of aliphatic carboxylic acids is 1. The van der Waals surface area contributed by atoms with E-state index in [0.717, 1.165) is 0 Å². The van der Waals surface area contributed by atoms with Crippen LogP contribution < -0.4 is 10.1 Å². The van der Waals surface area contributed by atoms with Crippen molar-refractivity contribution in [3.05, 3.63) is 24.3 Å². The lowest BCUT2D eigenvalue weighted by Crippen LogP contribution is -2.17. The zero-order valence-corrected chi connectivity index (χ0v) is 11.2. The summed E-state index contributed by atoms with van der Waals surface area (Å²) in [4.78, 5) is 22.3. The molecule has 0 bridgehead atoms. The highest BCUT2D eigenvalue weighted by Crippen LogP contribution is 2.24. The first-order valence-corrected chi connectivity index (χ1v) is 6.26. The second kappa shape index (κ2) is 7.41. The van der Waals surface area contributed by atoms with E-state index in [2.05, 4.69) is 5.32 Å². The number of anilines is 1. The molecule has 0 saturated carbocycles. The van der Waals surface area contributed by atoms with Crippen molar-refractivity contribution in [1.29, 1.82) is 0 Å². The number of benzene rings is 1. The fourth-order valence-electron chi connectivity index (χ4n) is 1.74. The van der Waals surface area contributed by atoms with E-state index in [-0.39, 0.29) is 24.7 Å². The molecule has 1 atom stereocenters. The molecule has 5 heteroatoms. The highest BCUT2D eigenvalue weighted by Gasteiger charge is 2.14. The molecule has 0 aliphatic carbocycles. The number of hydrogen-bond acceptors (Lipinski definition) is 3. The van der Waals surface area contributed by atoms with Crippen LogP contribution in [-0.4, -0.2) is 23.6 Å². The SMILES string of the molecule is CCOc1ccccc1NC(=O)CC(C)CC(=O)O. The molecule has 0 aliphatic rings. The highest BCUT2D eigenvalue weighted by atomic mass is 16.5. The first kappa shape index (κ1) is 15.0. The van der Waals surface area contributed by atoms with Crippen molar-refractivity contribution in [2.24, 2.45) is 5.92 Å². The predicted molar refractivity (Wildman–Crippen MR) is 72.3 cm³/mol. The van der Waals surface area contributed by atoms with Gasteiger partial charge in [0.2, 0.25) is 5.91 Å². The van der Waals surface area contributed by atoms with Crippen molar-refractivity contribution in [3.8, 4) is 5.75 Å². The third kappa shape index (κ3) is 5.42. The van der Waals surface area contributed by atoms with E-state index < -0.39 is 5.97 Å². The molecule has 104 valence electrons. The topological polar surface area (TPSA) is 75.6 Å². The number of carbonyl (C=O) groups is 2. The second-order valence-electron chi connectivity index (χ2n) is 4.38. The maximum atomic E-state index is 11.8. The fraction of sp³-hybridized carbons (Fsp3) is 0.429. The predicted octanol–water partition coefficient (Wildman–Crippen LogP) is 2.52. The largest absolute Gasteiger partial charge is 0.492 e. The van der Waals surface area contributed by atoms with Crippen LogP contribution in [0.2, 0.25) is 0 Å². The molecule has 1 aromatic rings. The molecule has 0 aliphatic heterocycles. The minimum absolute atomic E-state index is 0.0134. The lowest BCUT2D eigenvalue weighted by atomic mass is 10.0. The summed E-state index contributed by atoms with van der Waals surface area (Å²) in [5, 5.41) is 11.4. The molecule has 1 aromatic carbocycles. The molecule has 0 fully saturated rings. The number of amides is 1. The normalized spacial score (nSPS) is 11.7. The molecular formula is C14H19NO4. The minimum atomic E-state index is -0.894. The third-order valence-corrected chi connectivity index (χ3v) is 2.52. The number of ether oxygens (including phenoxy) is 1. The van der Waals surface area contributed by atoms with Crippen LogP contribution in [0.4, 0.5) is 5.69 Å². The van der Waals surface area contributed by atoms with Crippen LogP contribution in [-0.2, 0) is 9.59 Å². The molecule has 1 rings (SSSR count). The number of carboxylic acid groups (broad SMARTS) is 1. The Bertz CT molecular complexity index is 445. The first-order chi connectivity index (χ1) is 9.02. The van der Waals surface area contributed by atoms with Crippen molar-refractivity contribution in [1.82, 2.24) is 0 Å². The summed E-state index contributed by atoms with van der Waals surface area (Å²) in [7, 11) is 0. The van der Waals surface area contributed by atoms with Gasteiger partial charge in [0.1, 0.15) is 5.75 Å². The Morgan fingerprint density at radius 1 is 1.32 bits per heavy atom. The van der Waals surface area contributed by atoms with Crippen molar-refractivity contribution in [2.75, 3.05) is 11.9 Å². The van der Waals surface area contributed by atoms with E-state index in [1.165, 1.54) is 0 Å². The van der Waals surface area contributed by atoms with E-state index >= 15 is 0 Å². The summed E-state index contributed by atoms with van der Waals surface area (Å²) >= 11 is 0. The molecule has 1 unspecified atom stereocenters. The number of carboxylic acids is 1. The summed E-state index contributed by atoms with van der Waals surface area (Å²) in [6.45, 7) is 4.12. The molecule has 19 heavy (non-hydrogen) atoms.